The number of hydrogen-bond acceptors (Lipinski definition) is 4. The van der Waals surface area contributed by atoms with Crippen LogP contribution in [-0.4, -0.2) is 53.2 Å². The fourth-order valence-electron chi connectivity index (χ4n) is 3.53. The molecule has 0 unspecified atom stereocenters. The van der Waals surface area contributed by atoms with Gasteiger partial charge in [0.25, 0.3) is 5.91 Å². The van der Waals surface area contributed by atoms with E-state index in [1.165, 1.54) is 0 Å². The van der Waals surface area contributed by atoms with Gasteiger partial charge in [0, 0.05) is 31.6 Å². The quantitative estimate of drug-likeness (QED) is 0.922. The van der Waals surface area contributed by atoms with E-state index >= 15 is 0 Å². The van der Waals surface area contributed by atoms with Gasteiger partial charge >= 0.3 is 0 Å². The fourth-order valence-corrected chi connectivity index (χ4v) is 3.53. The predicted molar refractivity (Wildman–Crippen MR) is 89.7 cm³/mol. The summed E-state index contributed by atoms with van der Waals surface area (Å²) in [6.07, 6.45) is 2.54. The van der Waals surface area contributed by atoms with Gasteiger partial charge in [-0.1, -0.05) is 18.2 Å². The van der Waals surface area contributed by atoms with E-state index in [0.717, 1.165) is 42.7 Å². The molecule has 4 rings (SSSR count). The second kappa shape index (κ2) is 5.81. The minimum absolute atomic E-state index is 0.0123. The molecule has 120 valence electrons. The van der Waals surface area contributed by atoms with Crippen LogP contribution in [0.25, 0.3) is 10.9 Å². The minimum atomic E-state index is -0.400. The molecule has 1 atom stereocenters. The standard InChI is InChI=1S/C18H21N3O2/c22-14-7-10-21(12-14)18(23)15-11-13-5-1-2-6-16(13)19-17(15)20-8-3-4-9-20/h1-2,5-6,11,14,22H,3-4,7-10,12H2/t14-/m1/s1. The lowest BCUT2D eigenvalue weighted by Gasteiger charge is -2.23. The van der Waals surface area contributed by atoms with Crippen molar-refractivity contribution in [2.24, 2.45) is 0 Å². The van der Waals surface area contributed by atoms with E-state index in [-0.39, 0.29) is 5.91 Å². The number of amides is 1. The summed E-state index contributed by atoms with van der Waals surface area (Å²) < 4.78 is 0. The van der Waals surface area contributed by atoms with E-state index in [1.54, 1.807) is 4.90 Å². The van der Waals surface area contributed by atoms with Gasteiger partial charge in [-0.2, -0.15) is 0 Å². The Morgan fingerprint density at radius 1 is 1.17 bits per heavy atom. The number of benzene rings is 1. The lowest BCUT2D eigenvalue weighted by Crippen LogP contribution is -2.32. The van der Waals surface area contributed by atoms with Gasteiger partial charge in [-0.05, 0) is 31.4 Å². The first-order valence-electron chi connectivity index (χ1n) is 8.34. The zero-order valence-electron chi connectivity index (χ0n) is 13.1. The Balaban J connectivity index is 1.79. The summed E-state index contributed by atoms with van der Waals surface area (Å²) in [5, 5.41) is 10.7. The Kier molecular flexibility index (Phi) is 3.65. The van der Waals surface area contributed by atoms with Crippen molar-refractivity contribution in [1.29, 1.82) is 0 Å². The summed E-state index contributed by atoms with van der Waals surface area (Å²) in [5.41, 5.74) is 1.59. The Bertz CT molecular complexity index is 740. The second-order valence-electron chi connectivity index (χ2n) is 6.44. The molecule has 1 aromatic carbocycles. The van der Waals surface area contributed by atoms with Gasteiger partial charge in [0.2, 0.25) is 0 Å². The van der Waals surface area contributed by atoms with Gasteiger partial charge in [0.1, 0.15) is 5.82 Å². The van der Waals surface area contributed by atoms with Crippen LogP contribution in [0.4, 0.5) is 5.82 Å². The normalized spacial score (nSPS) is 21.3. The maximum atomic E-state index is 13.0. The lowest BCUT2D eigenvalue weighted by atomic mass is 10.1. The number of para-hydroxylation sites is 1. The van der Waals surface area contributed by atoms with Crippen LogP contribution in [0.2, 0.25) is 0 Å². The highest BCUT2D eigenvalue weighted by molar-refractivity contribution is 6.02. The number of carbonyl (C=O) groups excluding carboxylic acids is 1. The maximum absolute atomic E-state index is 13.0. The molecule has 0 aliphatic carbocycles. The molecule has 2 saturated heterocycles. The van der Waals surface area contributed by atoms with Crippen molar-refractivity contribution in [3.8, 4) is 0 Å². The maximum Gasteiger partial charge on any atom is 0.257 e. The molecule has 2 aliphatic heterocycles. The first kappa shape index (κ1) is 14.5. The second-order valence-corrected chi connectivity index (χ2v) is 6.44. The summed E-state index contributed by atoms with van der Waals surface area (Å²) in [7, 11) is 0. The van der Waals surface area contributed by atoms with E-state index < -0.39 is 6.10 Å². The zero-order chi connectivity index (χ0) is 15.8. The molecule has 0 radical (unpaired) electrons. The number of carbonyl (C=O) groups is 1. The Hall–Kier alpha value is -2.14. The molecule has 0 spiro atoms. The van der Waals surface area contributed by atoms with Crippen molar-refractivity contribution in [2.75, 3.05) is 31.1 Å². The topological polar surface area (TPSA) is 56.7 Å². The van der Waals surface area contributed by atoms with Crippen LogP contribution in [-0.2, 0) is 0 Å². The molecular weight excluding hydrogens is 290 g/mol. The predicted octanol–water partition coefficient (Wildman–Crippen LogP) is 2.04. The number of rotatable bonds is 2. The summed E-state index contributed by atoms with van der Waals surface area (Å²) in [5.74, 6) is 0.786. The Labute approximate surface area is 135 Å². The molecule has 1 N–H and O–H groups in total. The summed E-state index contributed by atoms with van der Waals surface area (Å²) in [4.78, 5) is 21.7. The smallest absolute Gasteiger partial charge is 0.257 e. The third kappa shape index (κ3) is 2.65. The molecule has 5 nitrogen and oxygen atoms in total. The molecule has 0 saturated carbocycles. The van der Waals surface area contributed by atoms with Crippen LogP contribution in [0.15, 0.2) is 30.3 Å². The lowest BCUT2D eigenvalue weighted by molar-refractivity contribution is 0.0765. The van der Waals surface area contributed by atoms with Crippen LogP contribution < -0.4 is 4.90 Å². The molecule has 2 fully saturated rings. The number of fused-ring (bicyclic) bond motifs is 1. The fraction of sp³-hybridized carbons (Fsp3) is 0.444. The molecule has 0 bridgehead atoms. The average molecular weight is 311 g/mol. The van der Waals surface area contributed by atoms with Gasteiger partial charge < -0.3 is 14.9 Å². The summed E-state index contributed by atoms with van der Waals surface area (Å²) in [6.45, 7) is 2.94. The van der Waals surface area contributed by atoms with Crippen LogP contribution in [0, 0.1) is 0 Å². The minimum Gasteiger partial charge on any atom is -0.391 e. The van der Waals surface area contributed by atoms with Crippen molar-refractivity contribution in [1.82, 2.24) is 9.88 Å². The Morgan fingerprint density at radius 3 is 2.70 bits per heavy atom. The van der Waals surface area contributed by atoms with Crippen molar-refractivity contribution in [3.05, 3.63) is 35.9 Å². The van der Waals surface area contributed by atoms with Crippen LogP contribution in [0.3, 0.4) is 0 Å². The molecule has 2 aliphatic rings. The molecule has 23 heavy (non-hydrogen) atoms. The number of pyridine rings is 1. The molecular formula is C18H21N3O2. The number of likely N-dealkylation sites (tertiary alicyclic amines) is 1. The highest BCUT2D eigenvalue weighted by Crippen LogP contribution is 2.28. The summed E-state index contributed by atoms with van der Waals surface area (Å²) >= 11 is 0. The van der Waals surface area contributed by atoms with Crippen LogP contribution in [0.5, 0.6) is 0 Å². The average Bonchev–Trinajstić information content (AvgIpc) is 3.24. The van der Waals surface area contributed by atoms with Crippen molar-refractivity contribution >= 4 is 22.6 Å². The van der Waals surface area contributed by atoms with Gasteiger partial charge in [-0.3, -0.25) is 4.79 Å². The van der Waals surface area contributed by atoms with Crippen molar-refractivity contribution in [2.45, 2.75) is 25.4 Å². The van der Waals surface area contributed by atoms with Gasteiger partial charge in [-0.25, -0.2) is 4.98 Å². The van der Waals surface area contributed by atoms with Crippen molar-refractivity contribution < 1.29 is 9.90 Å². The first-order valence-corrected chi connectivity index (χ1v) is 8.34. The third-order valence-electron chi connectivity index (χ3n) is 4.79. The van der Waals surface area contributed by atoms with E-state index in [4.69, 9.17) is 4.98 Å². The molecule has 1 amide bonds. The largest absolute Gasteiger partial charge is 0.391 e. The summed E-state index contributed by atoms with van der Waals surface area (Å²) in [6, 6.07) is 9.88. The first-order chi connectivity index (χ1) is 11.2. The van der Waals surface area contributed by atoms with Gasteiger partial charge in [0.05, 0.1) is 17.2 Å². The Morgan fingerprint density at radius 2 is 1.96 bits per heavy atom. The molecule has 3 heterocycles. The number of anilines is 1. The number of aliphatic hydroxyl groups is 1. The monoisotopic (exact) mass is 311 g/mol. The number of nitrogens with zero attached hydrogens (tertiary/aromatic N) is 3. The molecule has 1 aromatic heterocycles. The number of hydrogen-bond donors (Lipinski definition) is 1. The van der Waals surface area contributed by atoms with E-state index in [2.05, 4.69) is 4.90 Å². The number of β-amino-alcohol motifs (C(OH)–C–C–N with tert-alkyl or cyclic N) is 1. The van der Waals surface area contributed by atoms with Gasteiger partial charge in [-0.15, -0.1) is 0 Å². The van der Waals surface area contributed by atoms with Gasteiger partial charge in [0.15, 0.2) is 0 Å². The van der Waals surface area contributed by atoms with Crippen LogP contribution >= 0.6 is 0 Å². The SMILES string of the molecule is O=C(c1cc2ccccc2nc1N1CCCC1)N1CC[C@@H](O)C1. The molecule has 2 aromatic rings. The molecule has 5 heteroatoms. The van der Waals surface area contributed by atoms with Crippen molar-refractivity contribution in [3.63, 3.8) is 0 Å². The number of aliphatic hydroxyl groups excluding tert-OH is 1. The number of aromatic nitrogens is 1. The van der Waals surface area contributed by atoms with E-state index in [1.807, 2.05) is 30.3 Å². The third-order valence-corrected chi connectivity index (χ3v) is 4.79. The van der Waals surface area contributed by atoms with E-state index in [0.29, 0.717) is 25.1 Å². The highest BCUT2D eigenvalue weighted by Gasteiger charge is 2.29. The van der Waals surface area contributed by atoms with Crippen LogP contribution in [0.1, 0.15) is 29.6 Å². The zero-order valence-corrected chi connectivity index (χ0v) is 13.1. The highest BCUT2D eigenvalue weighted by atomic mass is 16.3. The van der Waals surface area contributed by atoms with E-state index in [9.17, 15) is 9.90 Å².